The van der Waals surface area contributed by atoms with Gasteiger partial charge in [-0.3, -0.25) is 4.79 Å². The topological polar surface area (TPSA) is 66.8 Å². The molecule has 1 heterocycles. The summed E-state index contributed by atoms with van der Waals surface area (Å²) in [7, 11) is 0. The van der Waals surface area contributed by atoms with Gasteiger partial charge in [0.2, 0.25) is 0 Å². The fraction of sp³-hybridized carbons (Fsp3) is 0.833. The monoisotopic (exact) mass is 241 g/mol. The highest BCUT2D eigenvalue weighted by Crippen LogP contribution is 2.53. The SMILES string of the molecule is CC(C)(C)OC(=O)N1C[C@@H]2C(CC(=O)O)[C@@H]2C1. The van der Waals surface area contributed by atoms with E-state index in [0.29, 0.717) is 24.9 Å². The lowest BCUT2D eigenvalue weighted by molar-refractivity contribution is -0.137. The van der Waals surface area contributed by atoms with E-state index in [1.165, 1.54) is 0 Å². The Hall–Kier alpha value is -1.26. The van der Waals surface area contributed by atoms with Gasteiger partial charge in [0.1, 0.15) is 5.60 Å². The van der Waals surface area contributed by atoms with E-state index in [-0.39, 0.29) is 18.4 Å². The molecule has 1 saturated heterocycles. The van der Waals surface area contributed by atoms with Crippen LogP contribution in [0.1, 0.15) is 27.2 Å². The Labute approximate surface area is 101 Å². The highest BCUT2D eigenvalue weighted by Gasteiger charge is 2.57. The summed E-state index contributed by atoms with van der Waals surface area (Å²) in [5.41, 5.74) is -0.468. The number of carboxylic acids is 1. The molecule has 2 rings (SSSR count). The number of ether oxygens (including phenoxy) is 1. The molecule has 1 unspecified atom stereocenters. The van der Waals surface area contributed by atoms with Crippen molar-refractivity contribution in [1.29, 1.82) is 0 Å². The Kier molecular flexibility index (Phi) is 2.79. The number of likely N-dealkylation sites (tertiary alicyclic amines) is 1. The molecule has 0 radical (unpaired) electrons. The number of aliphatic carboxylic acids is 1. The van der Waals surface area contributed by atoms with Crippen LogP contribution >= 0.6 is 0 Å². The van der Waals surface area contributed by atoms with E-state index < -0.39 is 11.6 Å². The first-order valence-corrected chi connectivity index (χ1v) is 5.97. The third kappa shape index (κ3) is 2.70. The molecule has 0 bridgehead atoms. The first kappa shape index (κ1) is 12.2. The molecular weight excluding hydrogens is 222 g/mol. The van der Waals surface area contributed by atoms with Gasteiger partial charge >= 0.3 is 12.1 Å². The van der Waals surface area contributed by atoms with Crippen LogP contribution < -0.4 is 0 Å². The van der Waals surface area contributed by atoms with Crippen LogP contribution in [0.5, 0.6) is 0 Å². The maximum atomic E-state index is 11.7. The molecule has 5 heteroatoms. The number of rotatable bonds is 2. The molecule has 1 amide bonds. The number of piperidine rings is 1. The lowest BCUT2D eigenvalue weighted by atomic mass is 10.2. The number of carboxylic acid groups (broad SMARTS) is 1. The molecule has 2 fully saturated rings. The number of nitrogens with zero attached hydrogens (tertiary/aromatic N) is 1. The minimum absolute atomic E-state index is 0.234. The number of carbonyl (C=O) groups excluding carboxylic acids is 1. The molecule has 17 heavy (non-hydrogen) atoms. The molecule has 0 aromatic rings. The number of hydrogen-bond acceptors (Lipinski definition) is 3. The zero-order valence-corrected chi connectivity index (χ0v) is 10.5. The number of fused-ring (bicyclic) bond motifs is 1. The van der Waals surface area contributed by atoms with Crippen molar-refractivity contribution in [3.05, 3.63) is 0 Å². The maximum absolute atomic E-state index is 11.7. The van der Waals surface area contributed by atoms with Crippen molar-refractivity contribution in [3.63, 3.8) is 0 Å². The first-order chi connectivity index (χ1) is 7.78. The van der Waals surface area contributed by atoms with Gasteiger partial charge in [0, 0.05) is 19.5 Å². The summed E-state index contributed by atoms with van der Waals surface area (Å²) in [4.78, 5) is 24.0. The van der Waals surface area contributed by atoms with Gasteiger partial charge in [0.25, 0.3) is 0 Å². The average molecular weight is 241 g/mol. The lowest BCUT2D eigenvalue weighted by Crippen LogP contribution is -2.37. The smallest absolute Gasteiger partial charge is 0.410 e. The zero-order chi connectivity index (χ0) is 12.8. The van der Waals surface area contributed by atoms with Crippen LogP contribution in [0.2, 0.25) is 0 Å². The normalized spacial score (nSPS) is 31.0. The van der Waals surface area contributed by atoms with Crippen LogP contribution in [0.15, 0.2) is 0 Å². The van der Waals surface area contributed by atoms with Crippen molar-refractivity contribution >= 4 is 12.1 Å². The van der Waals surface area contributed by atoms with Crippen LogP contribution in [-0.4, -0.2) is 40.8 Å². The van der Waals surface area contributed by atoms with Gasteiger partial charge < -0.3 is 14.7 Å². The molecule has 1 saturated carbocycles. The minimum Gasteiger partial charge on any atom is -0.481 e. The van der Waals surface area contributed by atoms with Gasteiger partial charge in [-0.25, -0.2) is 4.79 Å². The highest BCUT2D eigenvalue weighted by atomic mass is 16.6. The fourth-order valence-electron chi connectivity index (χ4n) is 2.63. The minimum atomic E-state index is -0.742. The molecule has 96 valence electrons. The van der Waals surface area contributed by atoms with Crippen molar-refractivity contribution in [2.45, 2.75) is 32.8 Å². The predicted octanol–water partition coefficient (Wildman–Crippen LogP) is 1.57. The molecule has 1 aliphatic carbocycles. The second-order valence-corrected chi connectivity index (χ2v) is 5.97. The van der Waals surface area contributed by atoms with Gasteiger partial charge in [0.05, 0.1) is 0 Å². The lowest BCUT2D eigenvalue weighted by Gasteiger charge is -2.25. The summed E-state index contributed by atoms with van der Waals surface area (Å²) in [6.45, 7) is 6.83. The molecule has 0 aromatic carbocycles. The molecule has 0 aromatic heterocycles. The molecule has 0 spiro atoms. The van der Waals surface area contributed by atoms with Crippen molar-refractivity contribution in [2.24, 2.45) is 17.8 Å². The van der Waals surface area contributed by atoms with Gasteiger partial charge in [-0.15, -0.1) is 0 Å². The largest absolute Gasteiger partial charge is 0.481 e. The average Bonchev–Trinajstić information content (AvgIpc) is 2.59. The van der Waals surface area contributed by atoms with Crippen molar-refractivity contribution in [3.8, 4) is 0 Å². The Bertz CT molecular complexity index is 335. The quantitative estimate of drug-likeness (QED) is 0.797. The van der Waals surface area contributed by atoms with Crippen molar-refractivity contribution < 1.29 is 19.4 Å². The van der Waals surface area contributed by atoms with E-state index in [4.69, 9.17) is 9.84 Å². The van der Waals surface area contributed by atoms with Gasteiger partial charge in [-0.05, 0) is 38.5 Å². The van der Waals surface area contributed by atoms with Crippen molar-refractivity contribution in [1.82, 2.24) is 4.90 Å². The second-order valence-electron chi connectivity index (χ2n) is 5.97. The third-order valence-corrected chi connectivity index (χ3v) is 3.43. The summed E-state index contributed by atoms with van der Waals surface area (Å²) >= 11 is 0. The number of amides is 1. The Balaban J connectivity index is 1.79. The van der Waals surface area contributed by atoms with E-state index in [1.807, 2.05) is 20.8 Å². The van der Waals surface area contributed by atoms with E-state index in [2.05, 4.69) is 0 Å². The fourth-order valence-corrected chi connectivity index (χ4v) is 2.63. The third-order valence-electron chi connectivity index (χ3n) is 3.43. The van der Waals surface area contributed by atoms with E-state index in [1.54, 1.807) is 4.90 Å². The predicted molar refractivity (Wildman–Crippen MR) is 60.5 cm³/mol. The van der Waals surface area contributed by atoms with Crippen LogP contribution in [0.25, 0.3) is 0 Å². The first-order valence-electron chi connectivity index (χ1n) is 5.97. The summed E-state index contributed by atoms with van der Waals surface area (Å²) in [5, 5.41) is 8.70. The number of hydrogen-bond donors (Lipinski definition) is 1. The van der Waals surface area contributed by atoms with Crippen molar-refractivity contribution in [2.75, 3.05) is 13.1 Å². The molecular formula is C12H19NO4. The van der Waals surface area contributed by atoms with Crippen LogP contribution in [0.4, 0.5) is 4.79 Å². The van der Waals surface area contributed by atoms with Gasteiger partial charge in [0.15, 0.2) is 0 Å². The van der Waals surface area contributed by atoms with Crippen LogP contribution in [0.3, 0.4) is 0 Å². The van der Waals surface area contributed by atoms with E-state index in [0.717, 1.165) is 0 Å². The van der Waals surface area contributed by atoms with E-state index >= 15 is 0 Å². The molecule has 1 aliphatic heterocycles. The van der Waals surface area contributed by atoms with Crippen LogP contribution in [-0.2, 0) is 9.53 Å². The van der Waals surface area contributed by atoms with E-state index in [9.17, 15) is 9.59 Å². The second kappa shape index (κ2) is 3.89. The highest BCUT2D eigenvalue weighted by molar-refractivity contribution is 5.70. The Morgan fingerprint density at radius 3 is 2.24 bits per heavy atom. The molecule has 5 nitrogen and oxygen atoms in total. The standard InChI is InChI=1S/C12H19NO4/c1-12(2,3)17-11(16)13-5-8-7(4-10(14)15)9(8)6-13/h7-9H,4-6H2,1-3H3,(H,14,15)/t7?,8-,9+. The maximum Gasteiger partial charge on any atom is 0.410 e. The van der Waals surface area contributed by atoms with Gasteiger partial charge in [-0.1, -0.05) is 0 Å². The summed E-state index contributed by atoms with van der Waals surface area (Å²) < 4.78 is 5.28. The molecule has 1 N–H and O–H groups in total. The van der Waals surface area contributed by atoms with Crippen LogP contribution in [0, 0.1) is 17.8 Å². The summed E-state index contributed by atoms with van der Waals surface area (Å²) in [6, 6.07) is 0. The Morgan fingerprint density at radius 1 is 1.29 bits per heavy atom. The molecule has 2 aliphatic rings. The number of carbonyl (C=O) groups is 2. The zero-order valence-electron chi connectivity index (χ0n) is 10.5. The Morgan fingerprint density at radius 2 is 1.82 bits per heavy atom. The summed E-state index contributed by atoms with van der Waals surface area (Å²) in [6.07, 6.45) is -0.0453. The van der Waals surface area contributed by atoms with Gasteiger partial charge in [-0.2, -0.15) is 0 Å². The summed E-state index contributed by atoms with van der Waals surface area (Å²) in [5.74, 6) is 0.275. The molecule has 3 atom stereocenters.